The molecule has 0 saturated heterocycles. The monoisotopic (exact) mass is 458 g/mol. The smallest absolute Gasteiger partial charge is 0.303 e. The number of halogens is 2. The number of nitrogens with zero attached hydrogens (tertiary/aromatic N) is 2. The van der Waals surface area contributed by atoms with Crippen LogP contribution < -0.4 is 4.74 Å². The van der Waals surface area contributed by atoms with Crippen LogP contribution in [0.2, 0.25) is 0 Å². The fourth-order valence-corrected chi connectivity index (χ4v) is 3.14. The Labute approximate surface area is 192 Å². The van der Waals surface area contributed by atoms with Gasteiger partial charge >= 0.3 is 5.97 Å². The number of carbonyl (C=O) groups is 1. The minimum Gasteiger partial charge on any atom is -0.491 e. The molecule has 0 aliphatic carbocycles. The number of rotatable bonds is 12. The Morgan fingerprint density at radius 2 is 1.70 bits per heavy atom. The summed E-state index contributed by atoms with van der Waals surface area (Å²) < 4.78 is 38.9. The maximum Gasteiger partial charge on any atom is 0.303 e. The Morgan fingerprint density at radius 1 is 1.06 bits per heavy atom. The predicted molar refractivity (Wildman–Crippen MR) is 126 cm³/mol. The lowest BCUT2D eigenvalue weighted by Gasteiger charge is -2.13. The molecule has 8 heteroatoms. The van der Waals surface area contributed by atoms with Crippen molar-refractivity contribution in [1.82, 2.24) is 0 Å². The van der Waals surface area contributed by atoms with Gasteiger partial charge in [0.25, 0.3) is 0 Å². The van der Waals surface area contributed by atoms with Gasteiger partial charge in [-0.25, -0.2) is 8.78 Å². The molecule has 2 aromatic rings. The third kappa shape index (κ3) is 7.32. The van der Waals surface area contributed by atoms with Crippen LogP contribution in [0.5, 0.6) is 5.75 Å². The molecular formula is C25H28F2N2O4. The maximum atomic E-state index is 14.4. The van der Waals surface area contributed by atoms with E-state index in [1.54, 1.807) is 24.3 Å². The van der Waals surface area contributed by atoms with Gasteiger partial charge in [0.2, 0.25) is 0 Å². The first-order valence-corrected chi connectivity index (χ1v) is 10.5. The molecular weight excluding hydrogens is 430 g/mol. The van der Waals surface area contributed by atoms with E-state index in [-0.39, 0.29) is 17.7 Å². The number of benzene rings is 2. The molecule has 6 nitrogen and oxygen atoms in total. The van der Waals surface area contributed by atoms with E-state index in [2.05, 4.69) is 16.7 Å². The summed E-state index contributed by atoms with van der Waals surface area (Å²) >= 11 is 0. The van der Waals surface area contributed by atoms with Crippen LogP contribution in [0, 0.1) is 11.6 Å². The number of carboxylic acid groups (broad SMARTS) is 1. The van der Waals surface area contributed by atoms with Gasteiger partial charge in [-0.1, -0.05) is 24.3 Å². The Balaban J connectivity index is 2.59. The summed E-state index contributed by atoms with van der Waals surface area (Å²) in [7, 11) is 1.19. The lowest BCUT2D eigenvalue weighted by atomic mass is 10.0. The van der Waals surface area contributed by atoms with Crippen LogP contribution in [0.3, 0.4) is 0 Å². The third-order valence-electron chi connectivity index (χ3n) is 4.83. The Hall–Kier alpha value is -3.39. The molecule has 0 atom stereocenters. The highest BCUT2D eigenvalue weighted by atomic mass is 19.1. The molecule has 2 rings (SSSR count). The second kappa shape index (κ2) is 12.6. The van der Waals surface area contributed by atoms with Crippen molar-refractivity contribution < 1.29 is 28.2 Å². The Kier molecular flexibility index (Phi) is 9.87. The van der Waals surface area contributed by atoms with Gasteiger partial charge in [-0.3, -0.25) is 14.8 Å². The average molecular weight is 459 g/mol. The zero-order valence-electron chi connectivity index (χ0n) is 19.0. The Morgan fingerprint density at radius 3 is 2.21 bits per heavy atom. The SMILES string of the molecule is C=N/C(=C(\N=C(C)CCOCC)c1ccc(CCC(=O)O)cc1)c1cc(F)c(OC)c(F)c1. The van der Waals surface area contributed by atoms with E-state index >= 15 is 0 Å². The zero-order chi connectivity index (χ0) is 24.4. The molecule has 2 aromatic carbocycles. The largest absolute Gasteiger partial charge is 0.491 e. The van der Waals surface area contributed by atoms with Crippen molar-refractivity contribution in [3.05, 3.63) is 64.7 Å². The van der Waals surface area contributed by atoms with E-state index in [1.807, 2.05) is 13.8 Å². The molecule has 0 aliphatic heterocycles. The lowest BCUT2D eigenvalue weighted by molar-refractivity contribution is -0.136. The van der Waals surface area contributed by atoms with Crippen LogP contribution in [0.4, 0.5) is 8.78 Å². The van der Waals surface area contributed by atoms with Crippen molar-refractivity contribution >= 4 is 29.8 Å². The molecule has 1 N–H and O–H groups in total. The van der Waals surface area contributed by atoms with Gasteiger partial charge in [0.05, 0.1) is 25.1 Å². The van der Waals surface area contributed by atoms with E-state index in [0.29, 0.717) is 37.3 Å². The summed E-state index contributed by atoms with van der Waals surface area (Å²) in [6.45, 7) is 8.38. The number of carboxylic acids is 1. The number of hydrogen-bond acceptors (Lipinski definition) is 5. The second-order valence-electron chi connectivity index (χ2n) is 7.21. The first-order valence-electron chi connectivity index (χ1n) is 10.5. The average Bonchev–Trinajstić information content (AvgIpc) is 2.78. The number of methoxy groups -OCH3 is 1. The fraction of sp³-hybridized carbons (Fsp3) is 0.320. The van der Waals surface area contributed by atoms with E-state index in [1.165, 1.54) is 7.11 Å². The molecule has 0 aliphatic rings. The lowest BCUT2D eigenvalue weighted by Crippen LogP contribution is -2.02. The van der Waals surface area contributed by atoms with Crippen LogP contribution in [-0.2, 0) is 16.0 Å². The van der Waals surface area contributed by atoms with Crippen molar-refractivity contribution in [2.45, 2.75) is 33.1 Å². The van der Waals surface area contributed by atoms with Crippen LogP contribution in [-0.4, -0.2) is 43.8 Å². The van der Waals surface area contributed by atoms with Crippen LogP contribution in [0.15, 0.2) is 46.4 Å². The van der Waals surface area contributed by atoms with E-state index in [9.17, 15) is 13.6 Å². The summed E-state index contributed by atoms with van der Waals surface area (Å²) in [5.41, 5.74) is 2.96. The number of aryl methyl sites for hydroxylation is 1. The van der Waals surface area contributed by atoms with Gasteiger partial charge < -0.3 is 14.6 Å². The number of hydrogen-bond donors (Lipinski definition) is 1. The first-order chi connectivity index (χ1) is 15.8. The maximum absolute atomic E-state index is 14.4. The summed E-state index contributed by atoms with van der Waals surface area (Å²) in [5, 5.41) is 8.89. The van der Waals surface area contributed by atoms with Gasteiger partial charge in [0.1, 0.15) is 0 Å². The van der Waals surface area contributed by atoms with Gasteiger partial charge in [0, 0.05) is 36.3 Å². The first kappa shape index (κ1) is 25.9. The van der Waals surface area contributed by atoms with E-state index in [0.717, 1.165) is 23.4 Å². The summed E-state index contributed by atoms with van der Waals surface area (Å²) in [4.78, 5) is 19.6. The highest BCUT2D eigenvalue weighted by Gasteiger charge is 2.17. The molecule has 0 fully saturated rings. The van der Waals surface area contributed by atoms with Gasteiger partial charge in [-0.15, -0.1) is 0 Å². The molecule has 0 aromatic heterocycles. The van der Waals surface area contributed by atoms with Crippen molar-refractivity contribution in [2.24, 2.45) is 9.98 Å². The normalized spacial score (nSPS) is 12.3. The number of aliphatic carboxylic acids is 1. The molecule has 0 bridgehead atoms. The van der Waals surface area contributed by atoms with Gasteiger partial charge in [-0.2, -0.15) is 0 Å². The van der Waals surface area contributed by atoms with Crippen LogP contribution in [0.25, 0.3) is 11.4 Å². The molecule has 0 amide bonds. The van der Waals surface area contributed by atoms with E-state index < -0.39 is 23.4 Å². The van der Waals surface area contributed by atoms with Crippen molar-refractivity contribution in [2.75, 3.05) is 20.3 Å². The van der Waals surface area contributed by atoms with Gasteiger partial charge in [0.15, 0.2) is 17.4 Å². The number of ether oxygens (including phenoxy) is 2. The zero-order valence-corrected chi connectivity index (χ0v) is 19.0. The summed E-state index contributed by atoms with van der Waals surface area (Å²) in [5.74, 6) is -3.10. The standard InChI is InChI=1S/C25H28F2N2O4/c1-5-33-13-12-16(2)29-24(18-9-6-17(7-10-18)8-11-22(30)31)23(28-3)19-14-20(26)25(32-4)21(27)15-19/h6-7,9-10,14-15H,3,5,8,11-13H2,1-2,4H3,(H,30,31)/b24-23-,29-16?. The molecule has 0 spiro atoms. The molecule has 0 saturated carbocycles. The molecule has 0 radical (unpaired) electrons. The minimum atomic E-state index is -0.879. The topological polar surface area (TPSA) is 80.5 Å². The highest BCUT2D eigenvalue weighted by Crippen LogP contribution is 2.33. The van der Waals surface area contributed by atoms with Crippen molar-refractivity contribution in [3.63, 3.8) is 0 Å². The summed E-state index contributed by atoms with van der Waals surface area (Å²) in [6, 6.07) is 9.37. The molecule has 33 heavy (non-hydrogen) atoms. The van der Waals surface area contributed by atoms with Crippen molar-refractivity contribution in [3.8, 4) is 5.75 Å². The highest BCUT2D eigenvalue weighted by molar-refractivity contribution is 5.97. The Bertz CT molecular complexity index is 1020. The molecule has 0 unspecified atom stereocenters. The fourth-order valence-electron chi connectivity index (χ4n) is 3.14. The number of aliphatic imine (C=N–C) groups is 2. The molecule has 0 heterocycles. The second-order valence-corrected chi connectivity index (χ2v) is 7.21. The third-order valence-corrected chi connectivity index (χ3v) is 4.83. The predicted octanol–water partition coefficient (Wildman–Crippen LogP) is 5.40. The van der Waals surface area contributed by atoms with Gasteiger partial charge in [-0.05, 0) is 44.7 Å². The summed E-state index contributed by atoms with van der Waals surface area (Å²) in [6.07, 6.45) is 0.956. The quantitative estimate of drug-likeness (QED) is 0.262. The molecule has 176 valence electrons. The van der Waals surface area contributed by atoms with Crippen LogP contribution in [0.1, 0.15) is 43.4 Å². The van der Waals surface area contributed by atoms with Crippen LogP contribution >= 0.6 is 0 Å². The van der Waals surface area contributed by atoms with Crippen molar-refractivity contribution in [1.29, 1.82) is 0 Å². The van der Waals surface area contributed by atoms with E-state index in [4.69, 9.17) is 14.6 Å². The minimum absolute atomic E-state index is 0.0145.